The SMILES string of the molecule is CSC(CNC(=O)NC1CCC(C(=O)O)CC1)C(C)(C)C. The number of rotatable bonds is 5. The third kappa shape index (κ3) is 6.16. The Morgan fingerprint density at radius 1 is 1.24 bits per heavy atom. The Bertz CT molecular complexity index is 360. The van der Waals surface area contributed by atoms with Crippen LogP contribution < -0.4 is 10.6 Å². The molecule has 1 atom stereocenters. The van der Waals surface area contributed by atoms with Crippen molar-refractivity contribution in [1.29, 1.82) is 0 Å². The van der Waals surface area contributed by atoms with Crippen molar-refractivity contribution < 1.29 is 14.7 Å². The Balaban J connectivity index is 2.30. The summed E-state index contributed by atoms with van der Waals surface area (Å²) in [5.74, 6) is -0.959. The summed E-state index contributed by atoms with van der Waals surface area (Å²) in [6.45, 7) is 7.14. The van der Waals surface area contributed by atoms with Crippen LogP contribution in [0.5, 0.6) is 0 Å². The van der Waals surface area contributed by atoms with E-state index in [2.05, 4.69) is 37.7 Å². The summed E-state index contributed by atoms with van der Waals surface area (Å²) >= 11 is 1.76. The van der Waals surface area contributed by atoms with Crippen molar-refractivity contribution in [2.75, 3.05) is 12.8 Å². The molecule has 5 nitrogen and oxygen atoms in total. The van der Waals surface area contributed by atoms with Crippen LogP contribution in [-0.4, -0.2) is 41.2 Å². The van der Waals surface area contributed by atoms with Gasteiger partial charge < -0.3 is 15.7 Å². The maximum atomic E-state index is 11.9. The molecule has 0 heterocycles. The van der Waals surface area contributed by atoms with Crippen LogP contribution >= 0.6 is 11.8 Å². The first-order chi connectivity index (χ1) is 9.74. The molecule has 3 N–H and O–H groups in total. The second-order valence-corrected chi connectivity index (χ2v) is 7.87. The number of carbonyl (C=O) groups excluding carboxylic acids is 1. The fourth-order valence-corrected chi connectivity index (χ4v) is 3.61. The van der Waals surface area contributed by atoms with E-state index in [4.69, 9.17) is 5.11 Å². The normalized spacial score (nSPS) is 24.2. The van der Waals surface area contributed by atoms with Gasteiger partial charge in [0.1, 0.15) is 0 Å². The topological polar surface area (TPSA) is 78.4 Å². The Morgan fingerprint density at radius 2 is 1.81 bits per heavy atom. The van der Waals surface area contributed by atoms with Crippen molar-refractivity contribution in [3.63, 3.8) is 0 Å². The predicted octanol–water partition coefficient (Wildman–Crippen LogP) is 2.71. The molecule has 122 valence electrons. The van der Waals surface area contributed by atoms with E-state index < -0.39 is 5.97 Å². The number of thioether (sulfide) groups is 1. The van der Waals surface area contributed by atoms with Gasteiger partial charge in [-0.3, -0.25) is 4.79 Å². The Kier molecular flexibility index (Phi) is 6.84. The molecule has 0 bridgehead atoms. The first kappa shape index (κ1) is 18.1. The van der Waals surface area contributed by atoms with Gasteiger partial charge in [-0.15, -0.1) is 0 Å². The van der Waals surface area contributed by atoms with Crippen LogP contribution in [0.15, 0.2) is 0 Å². The summed E-state index contributed by atoms with van der Waals surface area (Å²) in [5.41, 5.74) is 0.145. The van der Waals surface area contributed by atoms with E-state index in [1.54, 1.807) is 11.8 Å². The first-order valence-corrected chi connectivity index (χ1v) is 8.82. The van der Waals surface area contributed by atoms with Gasteiger partial charge in [-0.05, 0) is 37.4 Å². The molecule has 1 aliphatic rings. The summed E-state index contributed by atoms with van der Waals surface area (Å²) in [6.07, 6.45) is 4.85. The van der Waals surface area contributed by atoms with E-state index in [0.717, 1.165) is 12.8 Å². The fraction of sp³-hybridized carbons (Fsp3) is 0.867. The van der Waals surface area contributed by atoms with E-state index in [9.17, 15) is 9.59 Å². The summed E-state index contributed by atoms with van der Waals surface area (Å²) in [7, 11) is 0. The van der Waals surface area contributed by atoms with E-state index in [-0.39, 0.29) is 23.4 Å². The van der Waals surface area contributed by atoms with Crippen LogP contribution in [0.25, 0.3) is 0 Å². The van der Waals surface area contributed by atoms with Crippen LogP contribution in [0, 0.1) is 11.3 Å². The van der Waals surface area contributed by atoms with Gasteiger partial charge >= 0.3 is 12.0 Å². The van der Waals surface area contributed by atoms with Gasteiger partial charge in [-0.1, -0.05) is 20.8 Å². The highest BCUT2D eigenvalue weighted by Gasteiger charge is 2.27. The molecule has 21 heavy (non-hydrogen) atoms. The van der Waals surface area contributed by atoms with E-state index >= 15 is 0 Å². The Labute approximate surface area is 131 Å². The zero-order valence-electron chi connectivity index (χ0n) is 13.4. The molecular weight excluding hydrogens is 288 g/mol. The minimum absolute atomic E-state index is 0.1000. The lowest BCUT2D eigenvalue weighted by Gasteiger charge is -2.30. The highest BCUT2D eigenvalue weighted by molar-refractivity contribution is 7.99. The van der Waals surface area contributed by atoms with Gasteiger partial charge in [-0.2, -0.15) is 11.8 Å². The average molecular weight is 316 g/mol. The summed E-state index contributed by atoms with van der Waals surface area (Å²) in [5, 5.41) is 15.2. The number of hydrogen-bond acceptors (Lipinski definition) is 3. The highest BCUT2D eigenvalue weighted by Crippen LogP contribution is 2.28. The predicted molar refractivity (Wildman–Crippen MR) is 86.7 cm³/mol. The fourth-order valence-electron chi connectivity index (χ4n) is 2.65. The average Bonchev–Trinajstić information content (AvgIpc) is 2.38. The monoisotopic (exact) mass is 316 g/mol. The number of nitrogens with one attached hydrogen (secondary N) is 2. The van der Waals surface area contributed by atoms with Gasteiger partial charge in [0.2, 0.25) is 0 Å². The highest BCUT2D eigenvalue weighted by atomic mass is 32.2. The number of carbonyl (C=O) groups is 2. The van der Waals surface area contributed by atoms with Crippen molar-refractivity contribution in [1.82, 2.24) is 10.6 Å². The van der Waals surface area contributed by atoms with Crippen molar-refractivity contribution in [2.24, 2.45) is 11.3 Å². The second-order valence-electron chi connectivity index (χ2n) is 6.83. The zero-order valence-corrected chi connectivity index (χ0v) is 14.3. The van der Waals surface area contributed by atoms with Crippen LogP contribution in [0.4, 0.5) is 4.79 Å². The minimum atomic E-state index is -0.717. The number of hydrogen-bond donors (Lipinski definition) is 3. The lowest BCUT2D eigenvalue weighted by Crippen LogP contribution is -2.47. The quantitative estimate of drug-likeness (QED) is 0.729. The van der Waals surface area contributed by atoms with Crippen molar-refractivity contribution in [3.05, 3.63) is 0 Å². The van der Waals surface area contributed by atoms with Crippen LogP contribution in [0.2, 0.25) is 0 Å². The third-order valence-corrected chi connectivity index (χ3v) is 5.55. The number of aliphatic carboxylic acids is 1. The molecule has 6 heteroatoms. The van der Waals surface area contributed by atoms with Crippen LogP contribution in [0.3, 0.4) is 0 Å². The second kappa shape index (κ2) is 7.92. The molecular formula is C15H28N2O3S. The standard InChI is InChI=1S/C15H28N2O3S/c1-15(2,3)12(21-4)9-16-14(20)17-11-7-5-10(6-8-11)13(18)19/h10-12H,5-9H2,1-4H3,(H,18,19)(H2,16,17,20). The molecule has 0 radical (unpaired) electrons. The van der Waals surface area contributed by atoms with Gasteiger partial charge in [0.25, 0.3) is 0 Å². The number of carboxylic acid groups (broad SMARTS) is 1. The summed E-state index contributed by atoms with van der Waals surface area (Å²) < 4.78 is 0. The summed E-state index contributed by atoms with van der Waals surface area (Å²) in [6, 6.07) is -0.0416. The molecule has 0 aromatic heterocycles. The zero-order chi connectivity index (χ0) is 16.0. The molecule has 0 aliphatic heterocycles. The largest absolute Gasteiger partial charge is 0.481 e. The van der Waals surface area contributed by atoms with Gasteiger partial charge in [0.15, 0.2) is 0 Å². The van der Waals surface area contributed by atoms with E-state index in [0.29, 0.717) is 24.6 Å². The molecule has 0 aromatic rings. The Hall–Kier alpha value is -0.910. The lowest BCUT2D eigenvalue weighted by molar-refractivity contribution is -0.142. The molecule has 1 unspecified atom stereocenters. The van der Waals surface area contributed by atoms with Crippen molar-refractivity contribution >= 4 is 23.8 Å². The van der Waals surface area contributed by atoms with Gasteiger partial charge in [0, 0.05) is 17.8 Å². The molecule has 0 saturated heterocycles. The number of amides is 2. The maximum Gasteiger partial charge on any atom is 0.315 e. The maximum absolute atomic E-state index is 11.9. The lowest BCUT2D eigenvalue weighted by atomic mass is 9.86. The molecule has 1 fully saturated rings. The molecule has 1 rings (SSSR count). The van der Waals surface area contributed by atoms with Crippen molar-refractivity contribution in [3.8, 4) is 0 Å². The first-order valence-electron chi connectivity index (χ1n) is 7.54. The summed E-state index contributed by atoms with van der Waals surface area (Å²) in [4.78, 5) is 22.8. The molecule has 0 spiro atoms. The molecule has 1 aliphatic carbocycles. The Morgan fingerprint density at radius 3 is 2.24 bits per heavy atom. The number of urea groups is 1. The van der Waals surface area contributed by atoms with Gasteiger partial charge in [0.05, 0.1) is 5.92 Å². The van der Waals surface area contributed by atoms with Crippen molar-refractivity contribution in [2.45, 2.75) is 57.7 Å². The number of carboxylic acids is 1. The molecule has 2 amide bonds. The van der Waals surface area contributed by atoms with Crippen LogP contribution in [0.1, 0.15) is 46.5 Å². The molecule has 0 aromatic carbocycles. The van der Waals surface area contributed by atoms with Crippen LogP contribution in [-0.2, 0) is 4.79 Å². The van der Waals surface area contributed by atoms with Gasteiger partial charge in [-0.25, -0.2) is 4.79 Å². The smallest absolute Gasteiger partial charge is 0.315 e. The van der Waals surface area contributed by atoms with E-state index in [1.807, 2.05) is 0 Å². The van der Waals surface area contributed by atoms with E-state index in [1.165, 1.54) is 0 Å². The minimum Gasteiger partial charge on any atom is -0.481 e. The third-order valence-electron chi connectivity index (χ3n) is 4.11. The molecule has 1 saturated carbocycles.